The molecule has 9 heteroatoms. The molecule has 2 N–H and O–H groups in total. The number of aromatic nitrogens is 3. The van der Waals surface area contributed by atoms with Crippen LogP contribution in [-0.2, 0) is 9.59 Å². The summed E-state index contributed by atoms with van der Waals surface area (Å²) in [5.74, 6) is -0.0996. The molecular formula is C22H25N5O3S. The Morgan fingerprint density at radius 3 is 2.71 bits per heavy atom. The van der Waals surface area contributed by atoms with Crippen molar-refractivity contribution >= 4 is 44.9 Å². The zero-order valence-corrected chi connectivity index (χ0v) is 18.2. The summed E-state index contributed by atoms with van der Waals surface area (Å²) < 4.78 is 1.43. The van der Waals surface area contributed by atoms with Crippen molar-refractivity contribution in [2.75, 3.05) is 10.6 Å². The van der Waals surface area contributed by atoms with Crippen LogP contribution >= 0.6 is 11.3 Å². The van der Waals surface area contributed by atoms with Gasteiger partial charge in [0.15, 0.2) is 5.13 Å². The molecule has 0 spiro atoms. The van der Waals surface area contributed by atoms with Crippen molar-refractivity contribution in [3.63, 3.8) is 0 Å². The molecule has 1 aliphatic carbocycles. The summed E-state index contributed by atoms with van der Waals surface area (Å²) in [5.41, 5.74) is 0.743. The number of amides is 2. The topological polar surface area (TPSA) is 106 Å². The molecule has 31 heavy (non-hydrogen) atoms. The van der Waals surface area contributed by atoms with Gasteiger partial charge in [0.05, 0.1) is 17.2 Å². The van der Waals surface area contributed by atoms with Gasteiger partial charge in [-0.3, -0.25) is 19.0 Å². The fraction of sp³-hybridized carbons (Fsp3) is 0.409. The van der Waals surface area contributed by atoms with E-state index in [0.29, 0.717) is 34.1 Å². The molecule has 4 rings (SSSR count). The van der Waals surface area contributed by atoms with Crippen LogP contribution in [0, 0.1) is 5.92 Å². The highest BCUT2D eigenvalue weighted by Crippen LogP contribution is 2.31. The second kappa shape index (κ2) is 9.38. The Labute approximate surface area is 183 Å². The summed E-state index contributed by atoms with van der Waals surface area (Å²) in [7, 11) is 0. The molecule has 1 unspecified atom stereocenters. The second-order valence-electron chi connectivity index (χ2n) is 7.95. The predicted molar refractivity (Wildman–Crippen MR) is 121 cm³/mol. The smallest absolute Gasteiger partial charge is 0.262 e. The molecule has 2 aromatic heterocycles. The van der Waals surface area contributed by atoms with Gasteiger partial charge in [0, 0.05) is 24.2 Å². The first-order valence-electron chi connectivity index (χ1n) is 10.5. The molecule has 162 valence electrons. The fourth-order valence-electron chi connectivity index (χ4n) is 4.20. The zero-order valence-electron chi connectivity index (χ0n) is 17.3. The number of nitrogens with zero attached hydrogens (tertiary/aromatic N) is 3. The molecule has 0 radical (unpaired) electrons. The lowest BCUT2D eigenvalue weighted by molar-refractivity contribution is -0.120. The van der Waals surface area contributed by atoms with Gasteiger partial charge in [-0.15, -0.1) is 11.3 Å². The van der Waals surface area contributed by atoms with E-state index in [1.165, 1.54) is 35.6 Å². The number of thiazole rings is 1. The molecule has 0 aliphatic heterocycles. The monoisotopic (exact) mass is 439 g/mol. The van der Waals surface area contributed by atoms with E-state index >= 15 is 0 Å². The molecule has 1 aromatic carbocycles. The molecule has 2 amide bonds. The van der Waals surface area contributed by atoms with Crippen LogP contribution in [0.5, 0.6) is 0 Å². The molecule has 8 nitrogen and oxygen atoms in total. The normalized spacial score (nSPS) is 15.5. The van der Waals surface area contributed by atoms with Gasteiger partial charge in [0.25, 0.3) is 5.56 Å². The van der Waals surface area contributed by atoms with E-state index in [9.17, 15) is 14.4 Å². The van der Waals surface area contributed by atoms with Gasteiger partial charge in [-0.05, 0) is 30.5 Å². The van der Waals surface area contributed by atoms with Crippen LogP contribution < -0.4 is 16.2 Å². The summed E-state index contributed by atoms with van der Waals surface area (Å²) in [4.78, 5) is 46.5. The number of anilines is 2. The van der Waals surface area contributed by atoms with Gasteiger partial charge in [0.2, 0.25) is 11.8 Å². The van der Waals surface area contributed by atoms with Crippen molar-refractivity contribution in [3.05, 3.63) is 46.5 Å². The lowest BCUT2D eigenvalue weighted by atomic mass is 9.84. The first-order valence-corrected chi connectivity index (χ1v) is 11.4. The van der Waals surface area contributed by atoms with Crippen molar-refractivity contribution in [1.82, 2.24) is 14.5 Å². The van der Waals surface area contributed by atoms with E-state index in [4.69, 9.17) is 0 Å². The van der Waals surface area contributed by atoms with Gasteiger partial charge in [-0.1, -0.05) is 32.1 Å². The molecule has 2 heterocycles. The van der Waals surface area contributed by atoms with Crippen LogP contribution in [0.15, 0.2) is 40.9 Å². The predicted octanol–water partition coefficient (Wildman–Crippen LogP) is 3.96. The molecule has 3 aromatic rings. The van der Waals surface area contributed by atoms with E-state index in [1.807, 2.05) is 0 Å². The lowest BCUT2D eigenvalue weighted by Gasteiger charge is -2.27. The third kappa shape index (κ3) is 4.99. The number of hydrogen-bond acceptors (Lipinski definition) is 6. The summed E-state index contributed by atoms with van der Waals surface area (Å²) in [6, 6.07) is 4.33. The van der Waals surface area contributed by atoms with Crippen LogP contribution in [0.2, 0.25) is 0 Å². The number of fused-ring (bicyclic) bond motifs is 1. The quantitative estimate of drug-likeness (QED) is 0.605. The maximum absolute atomic E-state index is 13.4. The average Bonchev–Trinajstić information content (AvgIpc) is 3.26. The molecule has 1 atom stereocenters. The molecule has 1 saturated carbocycles. The van der Waals surface area contributed by atoms with Gasteiger partial charge >= 0.3 is 0 Å². The molecule has 1 aliphatic rings. The highest BCUT2D eigenvalue weighted by atomic mass is 32.1. The number of benzene rings is 1. The maximum atomic E-state index is 13.4. The van der Waals surface area contributed by atoms with Crippen molar-refractivity contribution in [3.8, 4) is 0 Å². The minimum atomic E-state index is -0.680. The Kier molecular flexibility index (Phi) is 6.41. The van der Waals surface area contributed by atoms with Gasteiger partial charge in [-0.2, -0.15) is 0 Å². The Bertz CT molecular complexity index is 1140. The van der Waals surface area contributed by atoms with E-state index in [1.54, 1.807) is 29.8 Å². The van der Waals surface area contributed by atoms with Gasteiger partial charge in [-0.25, -0.2) is 9.97 Å². The first-order chi connectivity index (χ1) is 15.0. The number of carbonyl (C=O) groups excluding carboxylic acids is 2. The van der Waals surface area contributed by atoms with Crippen LogP contribution in [0.1, 0.15) is 51.5 Å². The Hall–Kier alpha value is -3.07. The molecule has 0 bridgehead atoms. The van der Waals surface area contributed by atoms with E-state index in [-0.39, 0.29) is 17.4 Å². The van der Waals surface area contributed by atoms with Crippen molar-refractivity contribution in [2.45, 2.75) is 51.5 Å². The lowest BCUT2D eigenvalue weighted by Crippen LogP contribution is -2.35. The average molecular weight is 440 g/mol. The van der Waals surface area contributed by atoms with E-state index < -0.39 is 6.04 Å². The Balaban J connectivity index is 1.71. The second-order valence-corrected chi connectivity index (χ2v) is 8.85. The Morgan fingerprint density at radius 1 is 1.19 bits per heavy atom. The fourth-order valence-corrected chi connectivity index (χ4v) is 4.73. The van der Waals surface area contributed by atoms with E-state index in [0.717, 1.165) is 25.7 Å². The maximum Gasteiger partial charge on any atom is 0.262 e. The van der Waals surface area contributed by atoms with Crippen LogP contribution in [-0.4, -0.2) is 26.3 Å². The van der Waals surface area contributed by atoms with Crippen LogP contribution in [0.3, 0.4) is 0 Å². The molecular weight excluding hydrogens is 414 g/mol. The largest absolute Gasteiger partial charge is 0.326 e. The minimum Gasteiger partial charge on any atom is -0.326 e. The number of nitrogens with one attached hydrogen (secondary N) is 2. The van der Waals surface area contributed by atoms with Crippen molar-refractivity contribution in [1.29, 1.82) is 0 Å². The SMILES string of the molecule is CC(=O)Nc1ccc2ncn(C(CC3CCCCC3)C(=O)Nc3nccs3)c(=O)c2c1. The van der Waals surface area contributed by atoms with Crippen molar-refractivity contribution < 1.29 is 9.59 Å². The van der Waals surface area contributed by atoms with E-state index in [2.05, 4.69) is 20.6 Å². The van der Waals surface area contributed by atoms with Crippen LogP contribution in [0.25, 0.3) is 10.9 Å². The molecule has 1 fully saturated rings. The zero-order chi connectivity index (χ0) is 21.8. The summed E-state index contributed by atoms with van der Waals surface area (Å²) in [6.45, 7) is 1.41. The summed E-state index contributed by atoms with van der Waals surface area (Å²) in [5, 5.41) is 8.20. The number of hydrogen-bond donors (Lipinski definition) is 2. The van der Waals surface area contributed by atoms with Gasteiger partial charge in [0.1, 0.15) is 6.04 Å². The number of carbonyl (C=O) groups is 2. The highest BCUT2D eigenvalue weighted by Gasteiger charge is 2.28. The third-order valence-corrected chi connectivity index (χ3v) is 6.37. The third-order valence-electron chi connectivity index (χ3n) is 5.69. The summed E-state index contributed by atoms with van der Waals surface area (Å²) >= 11 is 1.34. The first kappa shape index (κ1) is 21.2. The minimum absolute atomic E-state index is 0.221. The Morgan fingerprint density at radius 2 is 2.00 bits per heavy atom. The summed E-state index contributed by atoms with van der Waals surface area (Å²) in [6.07, 6.45) is 9.30. The number of rotatable bonds is 6. The van der Waals surface area contributed by atoms with Gasteiger partial charge < -0.3 is 10.6 Å². The van der Waals surface area contributed by atoms with Crippen molar-refractivity contribution in [2.24, 2.45) is 5.92 Å². The molecule has 0 saturated heterocycles. The van der Waals surface area contributed by atoms with Crippen LogP contribution in [0.4, 0.5) is 10.8 Å². The highest BCUT2D eigenvalue weighted by molar-refractivity contribution is 7.13. The standard InChI is InChI=1S/C22H25N5O3S/c1-14(28)25-16-7-8-18-17(12-16)21(30)27(13-24-18)19(11-15-5-3-2-4-6-15)20(29)26-22-23-9-10-31-22/h7-10,12-13,15,19H,2-6,11H2,1H3,(H,25,28)(H,23,26,29).